The first-order chi connectivity index (χ1) is 14.2. The van der Waals surface area contributed by atoms with Crippen molar-refractivity contribution in [1.29, 1.82) is 0 Å². The van der Waals surface area contributed by atoms with Gasteiger partial charge in [-0.1, -0.05) is 19.1 Å². The van der Waals surface area contributed by atoms with Gasteiger partial charge >= 0.3 is 0 Å². The fourth-order valence-corrected chi connectivity index (χ4v) is 4.02. The quantitative estimate of drug-likeness (QED) is 0.800. The molecule has 1 amide bonds. The van der Waals surface area contributed by atoms with Gasteiger partial charge in [-0.25, -0.2) is 0 Å². The van der Waals surface area contributed by atoms with Crippen LogP contribution in [0.2, 0.25) is 0 Å². The minimum atomic E-state index is 0.255. The van der Waals surface area contributed by atoms with Gasteiger partial charge in [-0.05, 0) is 54.3 Å². The largest absolute Gasteiger partial charge is 0.368 e. The highest BCUT2D eigenvalue weighted by Crippen LogP contribution is 2.24. The fraction of sp³-hybridized carbons (Fsp3) is 0.375. The average Bonchev–Trinajstić information content (AvgIpc) is 2.80. The Morgan fingerprint density at radius 2 is 1.90 bits per heavy atom. The zero-order valence-corrected chi connectivity index (χ0v) is 17.1. The number of aromatic nitrogens is 1. The van der Waals surface area contributed by atoms with Crippen LogP contribution >= 0.6 is 0 Å². The molecule has 0 aliphatic carbocycles. The lowest BCUT2D eigenvalue weighted by Crippen LogP contribution is -2.48. The number of carbonyl (C=O) groups is 1. The number of rotatable bonds is 4. The fourth-order valence-electron chi connectivity index (χ4n) is 4.02. The lowest BCUT2D eigenvalue weighted by molar-refractivity contribution is -0.131. The second-order valence-corrected chi connectivity index (χ2v) is 7.56. The molecule has 4 rings (SSSR count). The third-order valence-corrected chi connectivity index (χ3v) is 5.65. The van der Waals surface area contributed by atoms with Crippen molar-refractivity contribution in [2.45, 2.75) is 26.2 Å². The van der Waals surface area contributed by atoms with Crippen molar-refractivity contribution >= 4 is 23.4 Å². The van der Waals surface area contributed by atoms with Gasteiger partial charge in [0.1, 0.15) is 0 Å². The lowest BCUT2D eigenvalue weighted by Gasteiger charge is -2.36. The van der Waals surface area contributed by atoms with Gasteiger partial charge in [0, 0.05) is 62.8 Å². The average molecular weight is 389 g/mol. The molecule has 0 spiro atoms. The molecule has 0 bridgehead atoms. The standard InChI is InChI=1S/C24H28N4O/c1-2-23(29)28-15-13-27(14-16-28)22-9-7-19(8-10-22)17-20-5-4-12-26-24(20)21-6-3-11-25-18-21/h3,6-11,17-18H,2,4-5,12-16H2,1H3/b20-17+. The third kappa shape index (κ3) is 4.56. The van der Waals surface area contributed by atoms with E-state index in [2.05, 4.69) is 46.3 Å². The molecule has 1 aromatic heterocycles. The van der Waals surface area contributed by atoms with Crippen molar-refractivity contribution in [3.05, 3.63) is 65.5 Å². The predicted molar refractivity (Wildman–Crippen MR) is 118 cm³/mol. The first kappa shape index (κ1) is 19.4. The van der Waals surface area contributed by atoms with E-state index < -0.39 is 0 Å². The summed E-state index contributed by atoms with van der Waals surface area (Å²) in [5.74, 6) is 0.255. The Bertz CT molecular complexity index is 894. The summed E-state index contributed by atoms with van der Waals surface area (Å²) in [6.07, 6.45) is 8.68. The first-order valence-corrected chi connectivity index (χ1v) is 10.5. The molecule has 2 aromatic rings. The van der Waals surface area contributed by atoms with Gasteiger partial charge in [0.2, 0.25) is 5.91 Å². The number of hydrogen-bond donors (Lipinski definition) is 0. The van der Waals surface area contributed by atoms with Crippen LogP contribution in [0.25, 0.3) is 6.08 Å². The number of hydrogen-bond acceptors (Lipinski definition) is 4. The summed E-state index contributed by atoms with van der Waals surface area (Å²) < 4.78 is 0. The van der Waals surface area contributed by atoms with Crippen molar-refractivity contribution in [3.8, 4) is 0 Å². The van der Waals surface area contributed by atoms with Crippen molar-refractivity contribution in [2.75, 3.05) is 37.6 Å². The van der Waals surface area contributed by atoms with E-state index in [4.69, 9.17) is 4.99 Å². The minimum Gasteiger partial charge on any atom is -0.368 e. The third-order valence-electron chi connectivity index (χ3n) is 5.65. The van der Waals surface area contributed by atoms with Crippen LogP contribution in [0.1, 0.15) is 37.3 Å². The summed E-state index contributed by atoms with van der Waals surface area (Å²) in [7, 11) is 0. The van der Waals surface area contributed by atoms with Crippen LogP contribution in [0.15, 0.2) is 59.4 Å². The lowest BCUT2D eigenvalue weighted by atomic mass is 9.95. The Balaban J connectivity index is 1.46. The molecule has 150 valence electrons. The molecule has 0 N–H and O–H groups in total. The van der Waals surface area contributed by atoms with E-state index in [1.807, 2.05) is 24.1 Å². The molecular formula is C24H28N4O. The molecule has 2 aliphatic heterocycles. The molecule has 5 nitrogen and oxygen atoms in total. The number of benzene rings is 1. The van der Waals surface area contributed by atoms with Crippen LogP contribution in [0.5, 0.6) is 0 Å². The van der Waals surface area contributed by atoms with E-state index in [-0.39, 0.29) is 5.91 Å². The van der Waals surface area contributed by atoms with E-state index in [0.29, 0.717) is 6.42 Å². The zero-order chi connectivity index (χ0) is 20.1. The Labute approximate surface area is 172 Å². The highest BCUT2D eigenvalue weighted by Gasteiger charge is 2.20. The van der Waals surface area contributed by atoms with Crippen LogP contribution in [-0.4, -0.2) is 54.2 Å². The summed E-state index contributed by atoms with van der Waals surface area (Å²) in [5.41, 5.74) is 5.87. The highest BCUT2D eigenvalue weighted by atomic mass is 16.2. The molecule has 0 atom stereocenters. The van der Waals surface area contributed by atoms with E-state index in [1.165, 1.54) is 16.8 Å². The summed E-state index contributed by atoms with van der Waals surface area (Å²) >= 11 is 0. The number of allylic oxidation sites excluding steroid dienone is 1. The van der Waals surface area contributed by atoms with Gasteiger partial charge < -0.3 is 9.80 Å². The molecule has 3 heterocycles. The van der Waals surface area contributed by atoms with Gasteiger partial charge in [-0.2, -0.15) is 0 Å². The van der Waals surface area contributed by atoms with Crippen molar-refractivity contribution < 1.29 is 4.79 Å². The number of aliphatic imine (C=N–C) groups is 1. The Kier molecular flexibility index (Phi) is 6.03. The topological polar surface area (TPSA) is 48.8 Å². The number of anilines is 1. The highest BCUT2D eigenvalue weighted by molar-refractivity contribution is 6.15. The molecular weight excluding hydrogens is 360 g/mol. The molecule has 0 saturated carbocycles. The molecule has 1 fully saturated rings. The first-order valence-electron chi connectivity index (χ1n) is 10.5. The molecule has 5 heteroatoms. The van der Waals surface area contributed by atoms with Crippen LogP contribution in [0.3, 0.4) is 0 Å². The number of amides is 1. The van der Waals surface area contributed by atoms with Crippen LogP contribution in [0.4, 0.5) is 5.69 Å². The van der Waals surface area contributed by atoms with Crippen LogP contribution < -0.4 is 4.90 Å². The Hall–Kier alpha value is -2.95. The minimum absolute atomic E-state index is 0.255. The number of pyridine rings is 1. The van der Waals surface area contributed by atoms with E-state index in [0.717, 1.165) is 56.8 Å². The Morgan fingerprint density at radius 3 is 2.59 bits per heavy atom. The maximum atomic E-state index is 11.9. The van der Waals surface area contributed by atoms with E-state index in [1.54, 1.807) is 6.20 Å². The van der Waals surface area contributed by atoms with Crippen LogP contribution in [-0.2, 0) is 4.79 Å². The van der Waals surface area contributed by atoms with Gasteiger partial charge in [-0.15, -0.1) is 0 Å². The summed E-state index contributed by atoms with van der Waals surface area (Å²) in [4.78, 5) is 25.2. The number of carbonyl (C=O) groups excluding carboxylic acids is 1. The van der Waals surface area contributed by atoms with Crippen molar-refractivity contribution in [3.63, 3.8) is 0 Å². The molecule has 1 aromatic carbocycles. The smallest absolute Gasteiger partial charge is 0.222 e. The normalized spacial score (nSPS) is 18.7. The molecule has 2 aliphatic rings. The molecule has 0 radical (unpaired) electrons. The predicted octanol–water partition coefficient (Wildman–Crippen LogP) is 3.81. The summed E-state index contributed by atoms with van der Waals surface area (Å²) in [6, 6.07) is 12.8. The number of nitrogens with zero attached hydrogens (tertiary/aromatic N) is 4. The molecule has 0 unspecified atom stereocenters. The van der Waals surface area contributed by atoms with Crippen molar-refractivity contribution in [2.24, 2.45) is 4.99 Å². The molecule has 1 saturated heterocycles. The van der Waals surface area contributed by atoms with Gasteiger partial charge in [0.05, 0.1) is 5.71 Å². The maximum Gasteiger partial charge on any atom is 0.222 e. The second-order valence-electron chi connectivity index (χ2n) is 7.56. The maximum absolute atomic E-state index is 11.9. The summed E-state index contributed by atoms with van der Waals surface area (Å²) in [5, 5.41) is 0. The van der Waals surface area contributed by atoms with Crippen LogP contribution in [0, 0.1) is 0 Å². The van der Waals surface area contributed by atoms with E-state index >= 15 is 0 Å². The van der Waals surface area contributed by atoms with Gasteiger partial charge in [-0.3, -0.25) is 14.8 Å². The SMILES string of the molecule is CCC(=O)N1CCN(c2ccc(/C=C3\CCCN=C3c3cccnc3)cc2)CC1. The molecule has 29 heavy (non-hydrogen) atoms. The van der Waals surface area contributed by atoms with Gasteiger partial charge in [0.25, 0.3) is 0 Å². The number of piperazine rings is 1. The van der Waals surface area contributed by atoms with Crippen molar-refractivity contribution in [1.82, 2.24) is 9.88 Å². The summed E-state index contributed by atoms with van der Waals surface area (Å²) in [6.45, 7) is 6.21. The Morgan fingerprint density at radius 1 is 1.10 bits per heavy atom. The van der Waals surface area contributed by atoms with Gasteiger partial charge in [0.15, 0.2) is 0 Å². The zero-order valence-electron chi connectivity index (χ0n) is 17.1. The van der Waals surface area contributed by atoms with E-state index in [9.17, 15) is 4.79 Å². The monoisotopic (exact) mass is 388 g/mol. The second kappa shape index (κ2) is 9.03.